The molecule has 0 N–H and O–H groups in total. The standard InChI is InChI=1S/C9H5Br2NO/c10-7-3-8(11)9(12-4-7)6-1-2-13-5-6/h1-5H. The molecule has 0 atom stereocenters. The Bertz CT molecular complexity index is 412. The van der Waals surface area contributed by atoms with Crippen molar-refractivity contribution < 1.29 is 4.42 Å². The fraction of sp³-hybridized carbons (Fsp3) is 0. The van der Waals surface area contributed by atoms with Gasteiger partial charge in [0.05, 0.1) is 18.2 Å². The second-order valence-corrected chi connectivity index (χ2v) is 4.27. The second kappa shape index (κ2) is 3.64. The highest BCUT2D eigenvalue weighted by Gasteiger charge is 2.05. The maximum absolute atomic E-state index is 4.98. The summed E-state index contributed by atoms with van der Waals surface area (Å²) in [6, 6.07) is 3.83. The van der Waals surface area contributed by atoms with Gasteiger partial charge in [0.25, 0.3) is 0 Å². The van der Waals surface area contributed by atoms with Crippen molar-refractivity contribution in [3.05, 3.63) is 39.8 Å². The highest BCUT2D eigenvalue weighted by molar-refractivity contribution is 9.11. The molecule has 0 fully saturated rings. The summed E-state index contributed by atoms with van der Waals surface area (Å²) in [6.07, 6.45) is 5.06. The van der Waals surface area contributed by atoms with E-state index in [2.05, 4.69) is 36.8 Å². The van der Waals surface area contributed by atoms with E-state index in [0.29, 0.717) is 0 Å². The molecule has 0 spiro atoms. The van der Waals surface area contributed by atoms with E-state index in [0.717, 1.165) is 20.2 Å². The van der Waals surface area contributed by atoms with E-state index in [9.17, 15) is 0 Å². The number of hydrogen-bond acceptors (Lipinski definition) is 2. The number of aromatic nitrogens is 1. The van der Waals surface area contributed by atoms with Gasteiger partial charge in [-0.3, -0.25) is 4.98 Å². The predicted molar refractivity (Wildman–Crippen MR) is 57.3 cm³/mol. The summed E-state index contributed by atoms with van der Waals surface area (Å²) in [4.78, 5) is 4.27. The summed E-state index contributed by atoms with van der Waals surface area (Å²) in [6.45, 7) is 0. The van der Waals surface area contributed by atoms with Crippen LogP contribution in [-0.2, 0) is 0 Å². The molecule has 2 heterocycles. The summed E-state index contributed by atoms with van der Waals surface area (Å²) in [5.41, 5.74) is 1.86. The summed E-state index contributed by atoms with van der Waals surface area (Å²) in [7, 11) is 0. The van der Waals surface area contributed by atoms with Gasteiger partial charge in [0.1, 0.15) is 0 Å². The van der Waals surface area contributed by atoms with Crippen molar-refractivity contribution >= 4 is 31.9 Å². The zero-order chi connectivity index (χ0) is 9.26. The van der Waals surface area contributed by atoms with Crippen LogP contribution in [0.4, 0.5) is 0 Å². The largest absolute Gasteiger partial charge is 0.472 e. The third-order valence-corrected chi connectivity index (χ3v) is 2.64. The normalized spacial score (nSPS) is 10.3. The molecule has 0 radical (unpaired) electrons. The first-order valence-electron chi connectivity index (χ1n) is 3.61. The van der Waals surface area contributed by atoms with Crippen molar-refractivity contribution in [2.75, 3.05) is 0 Å². The lowest BCUT2D eigenvalue weighted by atomic mass is 10.2. The summed E-state index contributed by atoms with van der Waals surface area (Å²) < 4.78 is 6.88. The van der Waals surface area contributed by atoms with E-state index in [4.69, 9.17) is 4.42 Å². The Labute approximate surface area is 92.2 Å². The van der Waals surface area contributed by atoms with Gasteiger partial charge in [-0.15, -0.1) is 0 Å². The maximum Gasteiger partial charge on any atom is 0.0997 e. The van der Waals surface area contributed by atoms with Gasteiger partial charge in [0.15, 0.2) is 0 Å². The van der Waals surface area contributed by atoms with Crippen LogP contribution in [0.15, 0.2) is 44.2 Å². The molecular formula is C9H5Br2NO. The maximum atomic E-state index is 4.98. The molecule has 0 saturated carbocycles. The quantitative estimate of drug-likeness (QED) is 0.799. The second-order valence-electron chi connectivity index (χ2n) is 2.50. The topological polar surface area (TPSA) is 26.0 Å². The number of furan rings is 1. The van der Waals surface area contributed by atoms with Gasteiger partial charge in [0, 0.05) is 20.7 Å². The Kier molecular flexibility index (Phi) is 2.51. The van der Waals surface area contributed by atoms with Gasteiger partial charge < -0.3 is 4.42 Å². The van der Waals surface area contributed by atoms with E-state index in [1.54, 1.807) is 18.7 Å². The van der Waals surface area contributed by atoms with E-state index in [1.807, 2.05) is 12.1 Å². The molecule has 0 aliphatic rings. The number of rotatable bonds is 1. The highest BCUT2D eigenvalue weighted by Crippen LogP contribution is 2.28. The highest BCUT2D eigenvalue weighted by atomic mass is 79.9. The third-order valence-electron chi connectivity index (χ3n) is 1.60. The summed E-state index contributed by atoms with van der Waals surface area (Å²) in [5, 5.41) is 0. The van der Waals surface area contributed by atoms with E-state index >= 15 is 0 Å². The fourth-order valence-electron chi connectivity index (χ4n) is 1.03. The monoisotopic (exact) mass is 301 g/mol. The Morgan fingerprint density at radius 3 is 2.77 bits per heavy atom. The van der Waals surface area contributed by atoms with Gasteiger partial charge in [-0.05, 0) is 44.0 Å². The number of nitrogens with zero attached hydrogens (tertiary/aromatic N) is 1. The number of hydrogen-bond donors (Lipinski definition) is 0. The van der Waals surface area contributed by atoms with Crippen LogP contribution in [0.25, 0.3) is 11.3 Å². The van der Waals surface area contributed by atoms with Crippen molar-refractivity contribution in [2.45, 2.75) is 0 Å². The smallest absolute Gasteiger partial charge is 0.0997 e. The minimum Gasteiger partial charge on any atom is -0.472 e. The SMILES string of the molecule is Brc1cnc(-c2ccoc2)c(Br)c1. The molecule has 2 nitrogen and oxygen atoms in total. The van der Waals surface area contributed by atoms with Crippen LogP contribution in [0.5, 0.6) is 0 Å². The molecule has 0 saturated heterocycles. The lowest BCUT2D eigenvalue weighted by Gasteiger charge is -1.99. The molecule has 2 aromatic heterocycles. The lowest BCUT2D eigenvalue weighted by molar-refractivity contribution is 0.568. The number of pyridine rings is 1. The molecule has 0 aliphatic carbocycles. The molecule has 0 unspecified atom stereocenters. The first-order valence-corrected chi connectivity index (χ1v) is 5.19. The first kappa shape index (κ1) is 8.97. The van der Waals surface area contributed by atoms with Crippen molar-refractivity contribution in [3.63, 3.8) is 0 Å². The van der Waals surface area contributed by atoms with Crippen LogP contribution in [0, 0.1) is 0 Å². The van der Waals surface area contributed by atoms with Crippen LogP contribution < -0.4 is 0 Å². The Morgan fingerprint density at radius 2 is 2.15 bits per heavy atom. The molecule has 4 heteroatoms. The Morgan fingerprint density at radius 1 is 1.31 bits per heavy atom. The van der Waals surface area contributed by atoms with Crippen LogP contribution in [-0.4, -0.2) is 4.98 Å². The molecule has 2 rings (SSSR count). The molecule has 0 bridgehead atoms. The minimum atomic E-state index is 0.886. The molecular weight excluding hydrogens is 298 g/mol. The van der Waals surface area contributed by atoms with E-state index in [-0.39, 0.29) is 0 Å². The average Bonchev–Trinajstić information content (AvgIpc) is 2.56. The Hall–Kier alpha value is -0.610. The first-order chi connectivity index (χ1) is 6.27. The van der Waals surface area contributed by atoms with Gasteiger partial charge >= 0.3 is 0 Å². The predicted octanol–water partition coefficient (Wildman–Crippen LogP) is 3.87. The zero-order valence-corrected chi connectivity index (χ0v) is 9.67. The van der Waals surface area contributed by atoms with Crippen LogP contribution in [0.3, 0.4) is 0 Å². The molecule has 0 amide bonds. The summed E-state index contributed by atoms with van der Waals surface area (Å²) in [5.74, 6) is 0. The van der Waals surface area contributed by atoms with E-state index < -0.39 is 0 Å². The molecule has 0 aliphatic heterocycles. The zero-order valence-electron chi connectivity index (χ0n) is 6.50. The van der Waals surface area contributed by atoms with Gasteiger partial charge in [0.2, 0.25) is 0 Å². The molecule has 66 valence electrons. The fourth-order valence-corrected chi connectivity index (χ4v) is 2.24. The Balaban J connectivity index is 2.53. The van der Waals surface area contributed by atoms with Crippen LogP contribution in [0.2, 0.25) is 0 Å². The minimum absolute atomic E-state index is 0.886. The molecule has 13 heavy (non-hydrogen) atoms. The van der Waals surface area contributed by atoms with Crippen molar-refractivity contribution in [1.29, 1.82) is 0 Å². The van der Waals surface area contributed by atoms with Crippen molar-refractivity contribution in [2.24, 2.45) is 0 Å². The number of halogens is 2. The van der Waals surface area contributed by atoms with Gasteiger partial charge in [-0.1, -0.05) is 0 Å². The van der Waals surface area contributed by atoms with Crippen LogP contribution in [0.1, 0.15) is 0 Å². The lowest BCUT2D eigenvalue weighted by Crippen LogP contribution is -1.82. The van der Waals surface area contributed by atoms with Crippen molar-refractivity contribution in [1.82, 2.24) is 4.98 Å². The summed E-state index contributed by atoms with van der Waals surface area (Å²) >= 11 is 6.78. The molecule has 2 aromatic rings. The van der Waals surface area contributed by atoms with Crippen LogP contribution >= 0.6 is 31.9 Å². The van der Waals surface area contributed by atoms with Gasteiger partial charge in [-0.2, -0.15) is 0 Å². The van der Waals surface area contributed by atoms with E-state index in [1.165, 1.54) is 0 Å². The average molecular weight is 303 g/mol. The third kappa shape index (κ3) is 1.84. The van der Waals surface area contributed by atoms with Crippen molar-refractivity contribution in [3.8, 4) is 11.3 Å². The molecule has 0 aromatic carbocycles. The van der Waals surface area contributed by atoms with Gasteiger partial charge in [-0.25, -0.2) is 0 Å².